The van der Waals surface area contributed by atoms with Gasteiger partial charge in [0.25, 0.3) is 0 Å². The fourth-order valence-electron chi connectivity index (χ4n) is 2.76. The van der Waals surface area contributed by atoms with Gasteiger partial charge in [0, 0.05) is 18.4 Å². The largest absolute Gasteiger partial charge is 0.369 e. The van der Waals surface area contributed by atoms with Crippen LogP contribution < -0.4 is 4.90 Å². The Hall–Kier alpha value is -0.570. The normalized spacial score (nSPS) is 17.5. The zero-order valence-electron chi connectivity index (χ0n) is 11.0. The minimum atomic E-state index is -0.0984. The van der Waals surface area contributed by atoms with E-state index in [0.717, 1.165) is 11.3 Å². The zero-order chi connectivity index (χ0) is 13.0. The van der Waals surface area contributed by atoms with Crippen LogP contribution in [0.4, 0.5) is 10.1 Å². The van der Waals surface area contributed by atoms with Gasteiger partial charge in [-0.25, -0.2) is 4.39 Å². The number of anilines is 1. The third kappa shape index (κ3) is 3.25. The van der Waals surface area contributed by atoms with Crippen molar-refractivity contribution in [3.63, 3.8) is 0 Å². The highest BCUT2D eigenvalue weighted by Gasteiger charge is 2.19. The number of hydrogen-bond acceptors (Lipinski definition) is 1. The van der Waals surface area contributed by atoms with Crippen molar-refractivity contribution >= 4 is 21.6 Å². The number of nitrogens with zero attached hydrogens (tertiary/aromatic N) is 1. The van der Waals surface area contributed by atoms with Gasteiger partial charge in [-0.3, -0.25) is 0 Å². The Kier molecular flexibility index (Phi) is 5.04. The highest BCUT2D eigenvalue weighted by atomic mass is 79.9. The summed E-state index contributed by atoms with van der Waals surface area (Å²) in [7, 11) is 2.03. The van der Waals surface area contributed by atoms with Gasteiger partial charge >= 0.3 is 0 Å². The summed E-state index contributed by atoms with van der Waals surface area (Å²) in [5.41, 5.74) is 1.73. The summed E-state index contributed by atoms with van der Waals surface area (Å²) in [4.78, 5) is 2.14. The first-order chi connectivity index (χ1) is 8.72. The molecule has 0 bridgehead atoms. The fourth-order valence-corrected chi connectivity index (χ4v) is 3.11. The highest BCUT2D eigenvalue weighted by molar-refractivity contribution is 9.08. The molecule has 0 saturated heterocycles. The monoisotopic (exact) mass is 313 g/mol. The summed E-state index contributed by atoms with van der Waals surface area (Å²) in [5.74, 6) is -0.0984. The smallest absolute Gasteiger partial charge is 0.146 e. The molecule has 1 nitrogen and oxygen atoms in total. The standard InChI is InChI=1S/C15H21BrFN/c1-18(13-6-4-2-3-5-7-13)15-9-8-12(11-16)10-14(15)17/h8-10,13H,2-7,11H2,1H3. The number of halogens is 2. The summed E-state index contributed by atoms with van der Waals surface area (Å²) in [6.45, 7) is 0. The van der Waals surface area contributed by atoms with E-state index in [0.29, 0.717) is 11.4 Å². The van der Waals surface area contributed by atoms with Crippen LogP contribution in [0.25, 0.3) is 0 Å². The summed E-state index contributed by atoms with van der Waals surface area (Å²) in [5, 5.41) is 0.706. The van der Waals surface area contributed by atoms with Crippen LogP contribution >= 0.6 is 15.9 Å². The highest BCUT2D eigenvalue weighted by Crippen LogP contribution is 2.28. The summed E-state index contributed by atoms with van der Waals surface area (Å²) < 4.78 is 14.1. The van der Waals surface area contributed by atoms with E-state index in [9.17, 15) is 4.39 Å². The lowest BCUT2D eigenvalue weighted by Crippen LogP contribution is -2.31. The van der Waals surface area contributed by atoms with Crippen LogP contribution in [0.2, 0.25) is 0 Å². The Morgan fingerprint density at radius 3 is 2.44 bits per heavy atom. The molecule has 0 aromatic heterocycles. The predicted molar refractivity (Wildman–Crippen MR) is 78.9 cm³/mol. The van der Waals surface area contributed by atoms with E-state index < -0.39 is 0 Å². The second-order valence-electron chi connectivity index (χ2n) is 5.18. The maximum absolute atomic E-state index is 14.1. The summed E-state index contributed by atoms with van der Waals surface area (Å²) in [6.07, 6.45) is 7.59. The predicted octanol–water partition coefficient (Wildman–Crippen LogP) is 4.88. The van der Waals surface area contributed by atoms with Crippen LogP contribution in [-0.2, 0) is 5.33 Å². The van der Waals surface area contributed by atoms with Crippen LogP contribution in [-0.4, -0.2) is 13.1 Å². The van der Waals surface area contributed by atoms with Crippen LogP contribution in [0.3, 0.4) is 0 Å². The van der Waals surface area contributed by atoms with Gasteiger partial charge in [0.15, 0.2) is 0 Å². The van der Waals surface area contributed by atoms with Crippen molar-refractivity contribution < 1.29 is 4.39 Å². The van der Waals surface area contributed by atoms with E-state index >= 15 is 0 Å². The van der Waals surface area contributed by atoms with E-state index in [1.54, 1.807) is 6.07 Å². The van der Waals surface area contributed by atoms with Crippen LogP contribution in [0, 0.1) is 5.82 Å². The van der Waals surface area contributed by atoms with E-state index in [4.69, 9.17) is 0 Å². The van der Waals surface area contributed by atoms with Gasteiger partial charge in [0.1, 0.15) is 5.82 Å². The Balaban J connectivity index is 2.14. The lowest BCUT2D eigenvalue weighted by molar-refractivity contribution is 0.538. The Morgan fingerprint density at radius 1 is 1.22 bits per heavy atom. The maximum Gasteiger partial charge on any atom is 0.146 e. The number of alkyl halides is 1. The molecule has 1 fully saturated rings. The van der Waals surface area contributed by atoms with Crippen molar-refractivity contribution in [1.82, 2.24) is 0 Å². The minimum Gasteiger partial charge on any atom is -0.369 e. The molecule has 0 heterocycles. The Morgan fingerprint density at radius 2 is 1.89 bits per heavy atom. The fraction of sp³-hybridized carbons (Fsp3) is 0.600. The molecule has 2 rings (SSSR count). The molecule has 0 atom stereocenters. The summed E-state index contributed by atoms with van der Waals surface area (Å²) >= 11 is 3.36. The van der Waals surface area contributed by atoms with Gasteiger partial charge in [-0.05, 0) is 30.5 Å². The lowest BCUT2D eigenvalue weighted by atomic mass is 10.1. The molecular weight excluding hydrogens is 293 g/mol. The van der Waals surface area contributed by atoms with Crippen molar-refractivity contribution in [3.05, 3.63) is 29.6 Å². The van der Waals surface area contributed by atoms with Gasteiger partial charge in [-0.15, -0.1) is 0 Å². The SMILES string of the molecule is CN(c1ccc(CBr)cc1F)C1CCCCCC1. The number of hydrogen-bond donors (Lipinski definition) is 0. The van der Waals surface area contributed by atoms with E-state index in [1.165, 1.54) is 38.5 Å². The Labute approximate surface area is 118 Å². The molecule has 1 aliphatic carbocycles. The third-order valence-corrected chi connectivity index (χ3v) is 4.57. The maximum atomic E-state index is 14.1. The first kappa shape index (κ1) is 13.9. The molecule has 18 heavy (non-hydrogen) atoms. The molecule has 3 heteroatoms. The van der Waals surface area contributed by atoms with Gasteiger partial charge in [0.05, 0.1) is 5.69 Å². The second kappa shape index (κ2) is 6.55. The van der Waals surface area contributed by atoms with Crippen LogP contribution in [0.1, 0.15) is 44.1 Å². The number of rotatable bonds is 3. The third-order valence-electron chi connectivity index (χ3n) is 3.92. The van der Waals surface area contributed by atoms with Crippen molar-refractivity contribution in [2.75, 3.05) is 11.9 Å². The van der Waals surface area contributed by atoms with Crippen molar-refractivity contribution in [2.24, 2.45) is 0 Å². The second-order valence-corrected chi connectivity index (χ2v) is 5.74. The first-order valence-corrected chi connectivity index (χ1v) is 7.91. The molecule has 0 spiro atoms. The minimum absolute atomic E-state index is 0.0984. The molecule has 0 radical (unpaired) electrons. The topological polar surface area (TPSA) is 3.24 Å². The lowest BCUT2D eigenvalue weighted by Gasteiger charge is -2.29. The summed E-state index contributed by atoms with van der Waals surface area (Å²) in [6, 6.07) is 6.05. The Bertz CT molecular complexity index is 386. The van der Waals surface area contributed by atoms with E-state index in [1.807, 2.05) is 19.2 Å². The molecule has 0 unspecified atom stereocenters. The van der Waals surface area contributed by atoms with Crippen molar-refractivity contribution in [3.8, 4) is 0 Å². The number of benzene rings is 1. The van der Waals surface area contributed by atoms with Crippen molar-refractivity contribution in [1.29, 1.82) is 0 Å². The molecule has 1 aromatic carbocycles. The van der Waals surface area contributed by atoms with Gasteiger partial charge in [0.2, 0.25) is 0 Å². The first-order valence-electron chi connectivity index (χ1n) is 6.79. The quantitative estimate of drug-likeness (QED) is 0.568. The molecule has 0 amide bonds. The molecule has 1 aromatic rings. The van der Waals surface area contributed by atoms with Gasteiger partial charge < -0.3 is 4.90 Å². The average Bonchev–Trinajstić information content (AvgIpc) is 2.66. The van der Waals surface area contributed by atoms with Gasteiger partial charge in [-0.2, -0.15) is 0 Å². The molecular formula is C15H21BrFN. The molecule has 0 aliphatic heterocycles. The zero-order valence-corrected chi connectivity index (χ0v) is 12.5. The van der Waals surface area contributed by atoms with E-state index in [-0.39, 0.29) is 5.82 Å². The van der Waals surface area contributed by atoms with Gasteiger partial charge in [-0.1, -0.05) is 47.7 Å². The van der Waals surface area contributed by atoms with Crippen LogP contribution in [0.15, 0.2) is 18.2 Å². The molecule has 1 aliphatic rings. The van der Waals surface area contributed by atoms with Crippen molar-refractivity contribution in [2.45, 2.75) is 49.9 Å². The molecule has 0 N–H and O–H groups in total. The average molecular weight is 314 g/mol. The van der Waals surface area contributed by atoms with E-state index in [2.05, 4.69) is 20.8 Å². The molecule has 100 valence electrons. The van der Waals surface area contributed by atoms with Crippen LogP contribution in [0.5, 0.6) is 0 Å². The molecule has 1 saturated carbocycles.